The van der Waals surface area contributed by atoms with Crippen molar-refractivity contribution in [2.24, 2.45) is 0 Å². The zero-order valence-electron chi connectivity index (χ0n) is 11.5. The first-order valence-corrected chi connectivity index (χ1v) is 6.53. The number of aliphatic hydroxyl groups is 9. The molecule has 0 radical (unpaired) electrons. The standard InChI is InChI=1S/C11H22O11/c12-1-3(14)5(16)9(4(15)2-13)21-11-8(19)6(17)7(18)10(20)22-11/h3-20H,1-2H2/t3?,4?,5?,6-,7+,8+,9?,10-,11+/m0/s1. The van der Waals surface area contributed by atoms with Crippen LogP contribution in [-0.2, 0) is 9.47 Å². The molecule has 1 saturated heterocycles. The normalized spacial score (nSPS) is 38.3. The molecule has 0 saturated carbocycles. The van der Waals surface area contributed by atoms with Crippen molar-refractivity contribution in [2.75, 3.05) is 13.2 Å². The molecule has 0 aromatic carbocycles. The van der Waals surface area contributed by atoms with Gasteiger partial charge in [0.15, 0.2) is 12.6 Å². The highest BCUT2D eigenvalue weighted by Gasteiger charge is 2.46. The Hall–Kier alpha value is -0.440. The summed E-state index contributed by atoms with van der Waals surface area (Å²) in [5, 5.41) is 84.3. The van der Waals surface area contributed by atoms with Crippen molar-refractivity contribution in [3.8, 4) is 0 Å². The van der Waals surface area contributed by atoms with E-state index in [0.717, 1.165) is 0 Å². The van der Waals surface area contributed by atoms with Crippen molar-refractivity contribution >= 4 is 0 Å². The third-order valence-corrected chi connectivity index (χ3v) is 3.32. The van der Waals surface area contributed by atoms with E-state index in [4.69, 9.17) is 19.7 Å². The molecule has 1 heterocycles. The first-order chi connectivity index (χ1) is 10.2. The molecule has 11 heteroatoms. The number of ether oxygens (including phenoxy) is 2. The van der Waals surface area contributed by atoms with E-state index in [-0.39, 0.29) is 0 Å². The summed E-state index contributed by atoms with van der Waals surface area (Å²) >= 11 is 0. The van der Waals surface area contributed by atoms with Crippen molar-refractivity contribution in [3.63, 3.8) is 0 Å². The predicted octanol–water partition coefficient (Wildman–Crippen LogP) is -5.80. The largest absolute Gasteiger partial charge is 0.394 e. The molecular weight excluding hydrogens is 308 g/mol. The fraction of sp³-hybridized carbons (Fsp3) is 1.00. The van der Waals surface area contributed by atoms with Gasteiger partial charge in [0.05, 0.1) is 13.2 Å². The number of hydrogen-bond donors (Lipinski definition) is 9. The molecule has 0 aromatic heterocycles. The Morgan fingerprint density at radius 2 is 1.36 bits per heavy atom. The Morgan fingerprint density at radius 3 is 1.86 bits per heavy atom. The maximum Gasteiger partial charge on any atom is 0.189 e. The van der Waals surface area contributed by atoms with Gasteiger partial charge in [-0.15, -0.1) is 0 Å². The number of aliphatic hydroxyl groups excluding tert-OH is 9. The molecule has 22 heavy (non-hydrogen) atoms. The summed E-state index contributed by atoms with van der Waals surface area (Å²) < 4.78 is 9.69. The third kappa shape index (κ3) is 4.31. The van der Waals surface area contributed by atoms with Crippen LogP contribution in [0.5, 0.6) is 0 Å². The van der Waals surface area contributed by atoms with E-state index in [1.165, 1.54) is 0 Å². The van der Waals surface area contributed by atoms with Gasteiger partial charge in [0.25, 0.3) is 0 Å². The van der Waals surface area contributed by atoms with Gasteiger partial charge in [-0.05, 0) is 0 Å². The van der Waals surface area contributed by atoms with E-state index in [1.807, 2.05) is 0 Å². The second-order valence-corrected chi connectivity index (χ2v) is 4.96. The van der Waals surface area contributed by atoms with Gasteiger partial charge < -0.3 is 55.4 Å². The first kappa shape index (κ1) is 19.6. The fourth-order valence-corrected chi connectivity index (χ4v) is 1.93. The van der Waals surface area contributed by atoms with Crippen molar-refractivity contribution in [3.05, 3.63) is 0 Å². The Kier molecular flexibility index (Phi) is 7.51. The summed E-state index contributed by atoms with van der Waals surface area (Å²) in [5.41, 5.74) is 0. The lowest BCUT2D eigenvalue weighted by Crippen LogP contribution is -2.61. The van der Waals surface area contributed by atoms with Crippen molar-refractivity contribution in [2.45, 2.75) is 55.3 Å². The summed E-state index contributed by atoms with van der Waals surface area (Å²) in [6.45, 7) is -1.77. The van der Waals surface area contributed by atoms with Gasteiger partial charge in [-0.25, -0.2) is 0 Å². The van der Waals surface area contributed by atoms with Crippen LogP contribution >= 0.6 is 0 Å². The number of rotatable bonds is 7. The molecule has 1 aliphatic heterocycles. The van der Waals surface area contributed by atoms with Crippen molar-refractivity contribution in [1.82, 2.24) is 0 Å². The monoisotopic (exact) mass is 330 g/mol. The van der Waals surface area contributed by atoms with Crippen LogP contribution in [0.4, 0.5) is 0 Å². The fourth-order valence-electron chi connectivity index (χ4n) is 1.93. The Bertz CT molecular complexity index is 329. The third-order valence-electron chi connectivity index (χ3n) is 3.32. The highest BCUT2D eigenvalue weighted by atomic mass is 16.8. The lowest BCUT2D eigenvalue weighted by Gasteiger charge is -2.40. The number of hydrogen-bond acceptors (Lipinski definition) is 11. The zero-order valence-corrected chi connectivity index (χ0v) is 11.5. The van der Waals surface area contributed by atoms with Crippen LogP contribution in [-0.4, -0.2) is 114 Å². The Balaban J connectivity index is 2.84. The van der Waals surface area contributed by atoms with E-state index >= 15 is 0 Å². The molecule has 0 spiro atoms. The average molecular weight is 330 g/mol. The van der Waals surface area contributed by atoms with Crippen molar-refractivity contribution in [1.29, 1.82) is 0 Å². The maximum absolute atomic E-state index is 9.76. The highest BCUT2D eigenvalue weighted by Crippen LogP contribution is 2.23. The highest BCUT2D eigenvalue weighted by molar-refractivity contribution is 4.88. The minimum atomic E-state index is -1.91. The first-order valence-electron chi connectivity index (χ1n) is 6.53. The van der Waals surface area contributed by atoms with Crippen molar-refractivity contribution < 1.29 is 55.4 Å². The topological polar surface area (TPSA) is 201 Å². The van der Waals surface area contributed by atoms with Gasteiger partial charge in [-0.3, -0.25) is 0 Å². The van der Waals surface area contributed by atoms with Gasteiger partial charge in [-0.2, -0.15) is 0 Å². The van der Waals surface area contributed by atoms with Gasteiger partial charge in [-0.1, -0.05) is 0 Å². The van der Waals surface area contributed by atoms with Crippen LogP contribution in [0, 0.1) is 0 Å². The predicted molar refractivity (Wildman–Crippen MR) is 66.0 cm³/mol. The molecule has 0 bridgehead atoms. The molecule has 0 aliphatic carbocycles. The van der Waals surface area contributed by atoms with Gasteiger partial charge in [0.2, 0.25) is 0 Å². The molecule has 1 aliphatic rings. The molecule has 1 fully saturated rings. The van der Waals surface area contributed by atoms with E-state index in [9.17, 15) is 35.7 Å². The van der Waals surface area contributed by atoms with Crippen LogP contribution in [0.1, 0.15) is 0 Å². The summed E-state index contributed by atoms with van der Waals surface area (Å²) in [4.78, 5) is 0. The van der Waals surface area contributed by atoms with Crippen LogP contribution in [0.15, 0.2) is 0 Å². The van der Waals surface area contributed by atoms with Gasteiger partial charge in [0, 0.05) is 0 Å². The smallest absolute Gasteiger partial charge is 0.189 e. The summed E-state index contributed by atoms with van der Waals surface area (Å²) in [6, 6.07) is 0. The summed E-state index contributed by atoms with van der Waals surface area (Å²) in [7, 11) is 0. The second-order valence-electron chi connectivity index (χ2n) is 4.96. The molecule has 1 rings (SSSR count). The lowest BCUT2D eigenvalue weighted by atomic mass is 10.0. The molecule has 132 valence electrons. The molecule has 9 N–H and O–H groups in total. The van der Waals surface area contributed by atoms with Gasteiger partial charge in [0.1, 0.15) is 42.7 Å². The maximum atomic E-state index is 9.76. The Labute approximate surface area is 125 Å². The average Bonchev–Trinajstić information content (AvgIpc) is 2.52. The SMILES string of the molecule is OCC(O)C(O)C(O[C@@H]1O[C@H](O)[C@H](O)[C@H](O)[C@H]1O)C(O)CO. The summed E-state index contributed by atoms with van der Waals surface area (Å²) in [5.74, 6) is 0. The molecule has 9 atom stereocenters. The minimum absolute atomic E-state index is 0.878. The van der Waals surface area contributed by atoms with Crippen LogP contribution in [0.2, 0.25) is 0 Å². The van der Waals surface area contributed by atoms with E-state index in [2.05, 4.69) is 0 Å². The summed E-state index contributed by atoms with van der Waals surface area (Å²) in [6.07, 6.45) is -16.2. The Morgan fingerprint density at radius 1 is 0.818 bits per heavy atom. The second kappa shape index (κ2) is 8.42. The minimum Gasteiger partial charge on any atom is -0.394 e. The van der Waals surface area contributed by atoms with Crippen LogP contribution < -0.4 is 0 Å². The zero-order chi connectivity index (χ0) is 17.0. The van der Waals surface area contributed by atoms with Crippen LogP contribution in [0.3, 0.4) is 0 Å². The quantitative estimate of drug-likeness (QED) is 0.215. The molecule has 11 nitrogen and oxygen atoms in total. The van der Waals surface area contributed by atoms with E-state index in [1.54, 1.807) is 0 Å². The van der Waals surface area contributed by atoms with Gasteiger partial charge >= 0.3 is 0 Å². The lowest BCUT2D eigenvalue weighted by molar-refractivity contribution is -0.358. The van der Waals surface area contributed by atoms with Crippen LogP contribution in [0.25, 0.3) is 0 Å². The van der Waals surface area contributed by atoms with E-state index < -0.39 is 68.5 Å². The molecular formula is C11H22O11. The molecule has 4 unspecified atom stereocenters. The molecule has 0 aromatic rings. The van der Waals surface area contributed by atoms with E-state index in [0.29, 0.717) is 0 Å². The molecule has 0 amide bonds.